The molecule has 2 aromatic heterocycles. The fourth-order valence-corrected chi connectivity index (χ4v) is 3.17. The molecule has 0 unspecified atom stereocenters. The highest BCUT2D eigenvalue weighted by molar-refractivity contribution is 6.30. The second-order valence-electron chi connectivity index (χ2n) is 6.02. The largest absolute Gasteiger partial charge is 0.337 e. The number of rotatable bonds is 2. The summed E-state index contributed by atoms with van der Waals surface area (Å²) in [7, 11) is 0. The predicted octanol–water partition coefficient (Wildman–Crippen LogP) is 5.49. The number of imidazole rings is 1. The minimum atomic E-state index is 0.688. The molecule has 4 nitrogen and oxygen atoms in total. The monoisotopic (exact) mass is 356 g/mol. The van der Waals surface area contributed by atoms with Crippen molar-refractivity contribution < 1.29 is 0 Å². The summed E-state index contributed by atoms with van der Waals surface area (Å²) >= 11 is 6.05. The third-order valence-corrected chi connectivity index (χ3v) is 4.55. The van der Waals surface area contributed by atoms with Gasteiger partial charge >= 0.3 is 0 Å². The number of aromatic nitrogens is 4. The van der Waals surface area contributed by atoms with Gasteiger partial charge in [-0.2, -0.15) is 0 Å². The molecule has 124 valence electrons. The molecule has 5 aromatic rings. The van der Waals surface area contributed by atoms with Gasteiger partial charge in [-0.25, -0.2) is 15.0 Å². The fraction of sp³-hybridized carbons (Fsp3) is 0. The van der Waals surface area contributed by atoms with Crippen molar-refractivity contribution in [3.8, 4) is 22.8 Å². The summed E-state index contributed by atoms with van der Waals surface area (Å²) in [5, 5.41) is 0.688. The summed E-state index contributed by atoms with van der Waals surface area (Å²) in [6.45, 7) is 0. The van der Waals surface area contributed by atoms with Crippen LogP contribution in [0.1, 0.15) is 0 Å². The van der Waals surface area contributed by atoms with Crippen molar-refractivity contribution in [1.29, 1.82) is 0 Å². The van der Waals surface area contributed by atoms with Gasteiger partial charge in [0, 0.05) is 10.6 Å². The van der Waals surface area contributed by atoms with Crippen molar-refractivity contribution in [2.45, 2.75) is 0 Å². The van der Waals surface area contributed by atoms with Gasteiger partial charge in [0.1, 0.15) is 11.4 Å². The average Bonchev–Trinajstić information content (AvgIpc) is 3.12. The van der Waals surface area contributed by atoms with Gasteiger partial charge < -0.3 is 4.98 Å². The number of nitrogens with one attached hydrogen (secondary N) is 1. The summed E-state index contributed by atoms with van der Waals surface area (Å²) in [4.78, 5) is 17.8. The highest BCUT2D eigenvalue weighted by Gasteiger charge is 2.16. The number of H-pyrrole nitrogens is 1. The molecule has 0 spiro atoms. The smallest absolute Gasteiger partial charge is 0.159 e. The molecular weight excluding hydrogens is 344 g/mol. The van der Waals surface area contributed by atoms with Crippen LogP contribution in [0.5, 0.6) is 0 Å². The maximum atomic E-state index is 6.05. The lowest BCUT2D eigenvalue weighted by Gasteiger charge is -2.08. The Labute approximate surface area is 154 Å². The Balaban J connectivity index is 1.81. The standard InChI is InChI=1S/C21H13ClN4/c22-14-11-9-13(10-12-14)19-20(24-16-6-2-1-5-15(16)23-19)21-25-17-7-3-4-8-18(17)26-21/h1-12H,(H,25,26). The molecule has 5 rings (SSSR count). The molecule has 3 aromatic carbocycles. The van der Waals surface area contributed by atoms with Gasteiger partial charge in [0.05, 0.1) is 22.1 Å². The minimum absolute atomic E-state index is 0.688. The quantitative estimate of drug-likeness (QED) is 0.454. The van der Waals surface area contributed by atoms with E-state index in [9.17, 15) is 0 Å². The number of aromatic amines is 1. The Morgan fingerprint density at radius 3 is 1.92 bits per heavy atom. The first-order valence-electron chi connectivity index (χ1n) is 8.26. The van der Waals surface area contributed by atoms with Crippen molar-refractivity contribution in [2.24, 2.45) is 0 Å². The molecule has 2 heterocycles. The molecule has 0 aliphatic carbocycles. The van der Waals surface area contributed by atoms with E-state index in [4.69, 9.17) is 26.6 Å². The van der Waals surface area contributed by atoms with Crippen LogP contribution < -0.4 is 0 Å². The Bertz CT molecular complexity index is 1210. The Kier molecular flexibility index (Phi) is 3.43. The van der Waals surface area contributed by atoms with Gasteiger partial charge in [0.2, 0.25) is 0 Å². The maximum absolute atomic E-state index is 6.05. The lowest BCUT2D eigenvalue weighted by Crippen LogP contribution is -1.96. The van der Waals surface area contributed by atoms with Crippen LogP contribution in [0, 0.1) is 0 Å². The molecule has 0 fully saturated rings. The van der Waals surface area contributed by atoms with E-state index < -0.39 is 0 Å². The third-order valence-electron chi connectivity index (χ3n) is 4.30. The number of hydrogen-bond acceptors (Lipinski definition) is 3. The van der Waals surface area contributed by atoms with Crippen LogP contribution in [-0.4, -0.2) is 19.9 Å². The van der Waals surface area contributed by atoms with Crippen LogP contribution in [0.2, 0.25) is 5.02 Å². The van der Waals surface area contributed by atoms with Crippen molar-refractivity contribution in [2.75, 3.05) is 0 Å². The van der Waals surface area contributed by atoms with E-state index in [1.807, 2.05) is 72.8 Å². The SMILES string of the molecule is Clc1ccc(-c2nc3ccccc3nc2-c2nc3ccccc3[nH]2)cc1. The average molecular weight is 357 g/mol. The first-order valence-corrected chi connectivity index (χ1v) is 8.63. The van der Waals surface area contributed by atoms with E-state index in [-0.39, 0.29) is 0 Å². The van der Waals surface area contributed by atoms with Gasteiger partial charge in [0.15, 0.2) is 5.82 Å². The number of para-hydroxylation sites is 4. The molecule has 0 radical (unpaired) electrons. The Morgan fingerprint density at radius 1 is 0.615 bits per heavy atom. The predicted molar refractivity (Wildman–Crippen MR) is 105 cm³/mol. The van der Waals surface area contributed by atoms with Crippen molar-refractivity contribution >= 4 is 33.7 Å². The number of benzene rings is 3. The summed E-state index contributed by atoms with van der Waals surface area (Å²) in [5.74, 6) is 0.703. The molecular formula is C21H13ClN4. The van der Waals surface area contributed by atoms with Crippen molar-refractivity contribution in [1.82, 2.24) is 19.9 Å². The zero-order valence-corrected chi connectivity index (χ0v) is 14.4. The topological polar surface area (TPSA) is 54.5 Å². The van der Waals surface area contributed by atoms with Gasteiger partial charge in [-0.1, -0.05) is 48.0 Å². The lowest BCUT2D eigenvalue weighted by atomic mass is 10.1. The maximum Gasteiger partial charge on any atom is 0.159 e. The molecule has 26 heavy (non-hydrogen) atoms. The molecule has 0 aliphatic heterocycles. The highest BCUT2D eigenvalue weighted by Crippen LogP contribution is 2.31. The normalized spacial score (nSPS) is 11.3. The summed E-state index contributed by atoms with van der Waals surface area (Å²) < 4.78 is 0. The lowest BCUT2D eigenvalue weighted by molar-refractivity contribution is 1.23. The zero-order chi connectivity index (χ0) is 17.5. The second-order valence-corrected chi connectivity index (χ2v) is 6.46. The van der Waals surface area contributed by atoms with E-state index in [2.05, 4.69) is 4.98 Å². The zero-order valence-electron chi connectivity index (χ0n) is 13.6. The van der Waals surface area contributed by atoms with Gasteiger partial charge in [-0.05, 0) is 36.4 Å². The summed E-state index contributed by atoms with van der Waals surface area (Å²) in [5.41, 5.74) is 6.00. The van der Waals surface area contributed by atoms with E-state index in [0.29, 0.717) is 10.8 Å². The Morgan fingerprint density at radius 2 is 1.23 bits per heavy atom. The molecule has 5 heteroatoms. The fourth-order valence-electron chi connectivity index (χ4n) is 3.04. The van der Waals surface area contributed by atoms with Crippen LogP contribution in [0.25, 0.3) is 44.8 Å². The van der Waals surface area contributed by atoms with Gasteiger partial charge in [-0.3, -0.25) is 0 Å². The molecule has 0 amide bonds. The van der Waals surface area contributed by atoms with Crippen LogP contribution in [0.4, 0.5) is 0 Å². The minimum Gasteiger partial charge on any atom is -0.337 e. The number of hydrogen-bond donors (Lipinski definition) is 1. The number of fused-ring (bicyclic) bond motifs is 2. The van der Waals surface area contributed by atoms with Gasteiger partial charge in [-0.15, -0.1) is 0 Å². The molecule has 0 saturated carbocycles. The first-order chi connectivity index (χ1) is 12.8. The van der Waals surface area contributed by atoms with Crippen LogP contribution in [-0.2, 0) is 0 Å². The van der Waals surface area contributed by atoms with Crippen LogP contribution >= 0.6 is 11.6 Å². The molecule has 1 N–H and O–H groups in total. The van der Waals surface area contributed by atoms with E-state index in [1.54, 1.807) is 0 Å². The third kappa shape index (κ3) is 2.52. The molecule has 0 saturated heterocycles. The molecule has 0 atom stereocenters. The summed E-state index contributed by atoms with van der Waals surface area (Å²) in [6, 6.07) is 23.4. The van der Waals surface area contributed by atoms with Gasteiger partial charge in [0.25, 0.3) is 0 Å². The van der Waals surface area contributed by atoms with E-state index >= 15 is 0 Å². The van der Waals surface area contributed by atoms with Crippen molar-refractivity contribution in [3.63, 3.8) is 0 Å². The van der Waals surface area contributed by atoms with Crippen LogP contribution in [0.15, 0.2) is 72.8 Å². The second kappa shape index (κ2) is 5.93. The number of halogens is 1. The molecule has 0 aliphatic rings. The van der Waals surface area contributed by atoms with Crippen molar-refractivity contribution in [3.05, 3.63) is 77.8 Å². The van der Waals surface area contributed by atoms with E-state index in [1.165, 1.54) is 0 Å². The molecule has 0 bridgehead atoms. The highest BCUT2D eigenvalue weighted by atomic mass is 35.5. The van der Waals surface area contributed by atoms with Crippen LogP contribution in [0.3, 0.4) is 0 Å². The first kappa shape index (κ1) is 15.0. The summed E-state index contributed by atoms with van der Waals surface area (Å²) in [6.07, 6.45) is 0. The number of nitrogens with zero attached hydrogens (tertiary/aromatic N) is 3. The Hall–Kier alpha value is -3.24. The van der Waals surface area contributed by atoms with E-state index in [0.717, 1.165) is 39.0 Å².